The van der Waals surface area contributed by atoms with Gasteiger partial charge in [-0.25, -0.2) is 0 Å². The summed E-state index contributed by atoms with van der Waals surface area (Å²) in [5.41, 5.74) is 1.11. The molecule has 1 unspecified atom stereocenters. The molecule has 0 aromatic heterocycles. The lowest BCUT2D eigenvalue weighted by Gasteiger charge is -2.30. The lowest BCUT2D eigenvalue weighted by molar-refractivity contribution is -0.134. The van der Waals surface area contributed by atoms with Crippen LogP contribution in [0.3, 0.4) is 0 Å². The lowest BCUT2D eigenvalue weighted by atomic mass is 9.99. The molecule has 96 valence electrons. The van der Waals surface area contributed by atoms with E-state index < -0.39 is 22.3 Å². The van der Waals surface area contributed by atoms with Gasteiger partial charge in [-0.3, -0.25) is 13.9 Å². The van der Waals surface area contributed by atoms with Crippen molar-refractivity contribution in [2.45, 2.75) is 31.1 Å². The maximum absolute atomic E-state index is 10.5. The van der Waals surface area contributed by atoms with Crippen molar-refractivity contribution in [3.8, 4) is 0 Å². The van der Waals surface area contributed by atoms with Gasteiger partial charge in [0, 0.05) is 0 Å². The van der Waals surface area contributed by atoms with Crippen LogP contribution in [-0.2, 0) is 4.79 Å². The normalized spacial score (nSPS) is 14.4. The molecule has 0 saturated carbocycles. The molecule has 0 aliphatic carbocycles. The van der Waals surface area contributed by atoms with Gasteiger partial charge >= 0.3 is 5.97 Å². The van der Waals surface area contributed by atoms with E-state index in [1.54, 1.807) is 12.1 Å². The molecule has 4 nitrogen and oxygen atoms in total. The molecular formula is C12H18O4S. The van der Waals surface area contributed by atoms with Crippen molar-refractivity contribution in [2.24, 2.45) is 0 Å². The van der Waals surface area contributed by atoms with Gasteiger partial charge in [-0.1, -0.05) is 26.0 Å². The number of rotatable bonds is 5. The predicted octanol–water partition coefficient (Wildman–Crippen LogP) is 3.39. The molecule has 1 aromatic rings. The number of hydrogen-bond acceptors (Lipinski definition) is 3. The summed E-state index contributed by atoms with van der Waals surface area (Å²) in [7, 11) is -3.21. The Morgan fingerprint density at radius 3 is 2.24 bits per heavy atom. The molecule has 0 aliphatic heterocycles. The fourth-order valence-corrected chi connectivity index (χ4v) is 2.59. The zero-order chi connectivity index (χ0) is 13.1. The average molecular weight is 258 g/mol. The second-order valence-corrected chi connectivity index (χ2v) is 6.18. The van der Waals surface area contributed by atoms with Gasteiger partial charge in [0.15, 0.2) is 0 Å². The molecule has 0 saturated heterocycles. The van der Waals surface area contributed by atoms with Crippen molar-refractivity contribution in [1.82, 2.24) is 0 Å². The number of carboxylic acids is 1. The van der Waals surface area contributed by atoms with Crippen LogP contribution >= 0.6 is 10.6 Å². The summed E-state index contributed by atoms with van der Waals surface area (Å²) < 4.78 is 19.4. The van der Waals surface area contributed by atoms with E-state index in [4.69, 9.17) is 5.11 Å². The quantitative estimate of drug-likeness (QED) is 0.756. The Labute approximate surface area is 103 Å². The molecule has 1 atom stereocenters. The number of carboxylic acid groups (broad SMARTS) is 1. The first-order chi connectivity index (χ1) is 7.86. The highest BCUT2D eigenvalue weighted by molar-refractivity contribution is 8.24. The van der Waals surface area contributed by atoms with Gasteiger partial charge in [-0.2, -0.15) is 10.6 Å². The van der Waals surface area contributed by atoms with Gasteiger partial charge in [-0.15, -0.1) is 0 Å². The van der Waals surface area contributed by atoms with E-state index in [-0.39, 0.29) is 4.90 Å². The molecule has 5 heteroatoms. The summed E-state index contributed by atoms with van der Waals surface area (Å²) in [4.78, 5) is 10.8. The summed E-state index contributed by atoms with van der Waals surface area (Å²) in [6.45, 7) is 4.17. The molecular weight excluding hydrogens is 240 g/mol. The van der Waals surface area contributed by atoms with Crippen molar-refractivity contribution in [2.75, 3.05) is 5.75 Å². The first-order valence-electron chi connectivity index (χ1n) is 5.44. The zero-order valence-corrected chi connectivity index (χ0v) is 10.8. The number of benzene rings is 1. The first-order valence-corrected chi connectivity index (χ1v) is 7.16. The van der Waals surface area contributed by atoms with E-state index in [1.165, 1.54) is 0 Å². The highest BCUT2D eigenvalue weighted by Gasteiger charge is 2.19. The summed E-state index contributed by atoms with van der Waals surface area (Å²) in [5.74, 6) is -1.45. The summed E-state index contributed by atoms with van der Waals surface area (Å²) in [6, 6.07) is 6.83. The molecule has 0 aliphatic rings. The van der Waals surface area contributed by atoms with Crippen LogP contribution in [0.4, 0.5) is 0 Å². The van der Waals surface area contributed by atoms with Crippen LogP contribution in [0.15, 0.2) is 29.2 Å². The summed E-state index contributed by atoms with van der Waals surface area (Å²) in [5, 5.41) is 8.59. The Morgan fingerprint density at radius 1 is 1.29 bits per heavy atom. The molecule has 0 fully saturated rings. The monoisotopic (exact) mass is 258 g/mol. The van der Waals surface area contributed by atoms with Gasteiger partial charge in [-0.05, 0) is 30.0 Å². The van der Waals surface area contributed by atoms with Gasteiger partial charge in [0.25, 0.3) is 0 Å². The Morgan fingerprint density at radius 2 is 1.82 bits per heavy atom. The smallest absolute Gasteiger partial charge is 0.323 e. The van der Waals surface area contributed by atoms with Crippen LogP contribution in [0.1, 0.15) is 31.7 Å². The minimum absolute atomic E-state index is 0.284. The molecule has 0 amide bonds. The van der Waals surface area contributed by atoms with Crippen LogP contribution in [0.2, 0.25) is 0 Å². The van der Waals surface area contributed by atoms with Crippen molar-refractivity contribution in [3.05, 3.63) is 29.8 Å². The Balaban J connectivity index is 2.90. The maximum Gasteiger partial charge on any atom is 0.323 e. The van der Waals surface area contributed by atoms with E-state index in [9.17, 15) is 13.9 Å². The minimum atomic E-state index is -3.21. The summed E-state index contributed by atoms with van der Waals surface area (Å²) >= 11 is 0. The maximum atomic E-state index is 10.5. The molecule has 0 heterocycles. The fraction of sp³-hybridized carbons (Fsp3) is 0.417. The van der Waals surface area contributed by atoms with Crippen LogP contribution in [0, 0.1) is 0 Å². The van der Waals surface area contributed by atoms with Crippen molar-refractivity contribution < 1.29 is 19.0 Å². The third kappa shape index (κ3) is 3.73. The molecule has 0 spiro atoms. The van der Waals surface area contributed by atoms with Gasteiger partial charge in [0.05, 0.1) is 4.90 Å². The second-order valence-electron chi connectivity index (χ2n) is 4.08. The topological polar surface area (TPSA) is 77.8 Å². The number of carbonyl (C=O) groups is 1. The molecule has 0 bridgehead atoms. The van der Waals surface area contributed by atoms with Crippen LogP contribution in [0.25, 0.3) is 0 Å². The second kappa shape index (κ2) is 5.53. The third-order valence-electron chi connectivity index (χ3n) is 2.76. The van der Waals surface area contributed by atoms with Gasteiger partial charge in [0.1, 0.15) is 5.75 Å². The molecule has 1 rings (SSSR count). The lowest BCUT2D eigenvalue weighted by Crippen LogP contribution is -2.12. The predicted molar refractivity (Wildman–Crippen MR) is 68.8 cm³/mol. The van der Waals surface area contributed by atoms with Crippen LogP contribution < -0.4 is 0 Å². The van der Waals surface area contributed by atoms with E-state index in [0.717, 1.165) is 12.0 Å². The van der Waals surface area contributed by atoms with Gasteiger partial charge in [0.2, 0.25) is 0 Å². The van der Waals surface area contributed by atoms with E-state index in [2.05, 4.69) is 13.8 Å². The average Bonchev–Trinajstić information content (AvgIpc) is 2.26. The Bertz CT molecular complexity index is 386. The van der Waals surface area contributed by atoms with Crippen molar-refractivity contribution in [1.29, 1.82) is 0 Å². The van der Waals surface area contributed by atoms with E-state index in [1.807, 2.05) is 12.1 Å². The summed E-state index contributed by atoms with van der Waals surface area (Å²) in [6.07, 6.45) is 1.00. The first kappa shape index (κ1) is 14.0. The number of aliphatic carboxylic acids is 1. The highest BCUT2D eigenvalue weighted by Crippen LogP contribution is 2.47. The fourth-order valence-electron chi connectivity index (χ4n) is 1.51. The van der Waals surface area contributed by atoms with Crippen LogP contribution in [-0.4, -0.2) is 25.9 Å². The zero-order valence-electron chi connectivity index (χ0n) is 9.96. The van der Waals surface area contributed by atoms with E-state index >= 15 is 0 Å². The number of hydrogen-bond donors (Lipinski definition) is 3. The Kier molecular flexibility index (Phi) is 4.56. The van der Waals surface area contributed by atoms with Gasteiger partial charge < -0.3 is 5.11 Å². The third-order valence-corrected chi connectivity index (χ3v) is 4.44. The SMILES string of the molecule is CCC(C)c1ccc(S(O)(O)CC(=O)O)cc1. The minimum Gasteiger partial charge on any atom is -0.480 e. The van der Waals surface area contributed by atoms with E-state index in [0.29, 0.717) is 5.92 Å². The molecule has 0 radical (unpaired) electrons. The molecule has 17 heavy (non-hydrogen) atoms. The highest BCUT2D eigenvalue weighted by atomic mass is 32.3. The largest absolute Gasteiger partial charge is 0.480 e. The van der Waals surface area contributed by atoms with Crippen molar-refractivity contribution in [3.63, 3.8) is 0 Å². The Hall–Kier alpha value is -1.04. The standard InChI is InChI=1S/C12H18O4S/c1-3-9(2)10-4-6-11(7-5-10)17(15,16)8-12(13)14/h4-7,9,15-16H,3,8H2,1-2H3,(H,13,14). The van der Waals surface area contributed by atoms with Crippen LogP contribution in [0.5, 0.6) is 0 Å². The van der Waals surface area contributed by atoms with Crippen molar-refractivity contribution >= 4 is 16.6 Å². The molecule has 3 N–H and O–H groups in total. The molecule has 1 aromatic carbocycles.